The lowest BCUT2D eigenvalue weighted by Crippen LogP contribution is -2.41. The number of hydrogen-bond acceptors (Lipinski definition) is 10. The molecule has 0 aromatic rings. The summed E-state index contributed by atoms with van der Waals surface area (Å²) in [6, 6.07) is -0.582. The summed E-state index contributed by atoms with van der Waals surface area (Å²) in [6.45, 7) is 26.1. The quantitative estimate of drug-likeness (QED) is 0.0365. The molecular formula is C97H194N6O4. The number of hydrogen-bond donors (Lipinski definition) is 1. The maximum atomic E-state index is 13.2. The molecule has 107 heavy (non-hydrogen) atoms. The van der Waals surface area contributed by atoms with Crippen molar-refractivity contribution in [2.45, 2.75) is 528 Å². The van der Waals surface area contributed by atoms with E-state index < -0.39 is 0 Å². The summed E-state index contributed by atoms with van der Waals surface area (Å²) in [6.07, 6.45) is 97.9. The van der Waals surface area contributed by atoms with E-state index in [1.165, 1.54) is 417 Å². The second-order valence-electron chi connectivity index (χ2n) is 34.5. The Labute approximate surface area is 671 Å². The van der Waals surface area contributed by atoms with Gasteiger partial charge in [-0.05, 0) is 104 Å². The minimum atomic E-state index is -0.313. The Kier molecular flexibility index (Phi) is 89.9. The zero-order chi connectivity index (χ0) is 77.4. The molecule has 0 saturated heterocycles. The fourth-order valence-electron chi connectivity index (χ4n) is 16.4. The van der Waals surface area contributed by atoms with Gasteiger partial charge in [-0.1, -0.05) is 456 Å². The third-order valence-corrected chi connectivity index (χ3v) is 23.6. The van der Waals surface area contributed by atoms with Gasteiger partial charge in [0.05, 0.1) is 12.4 Å². The average molecular weight is 1510 g/mol. The van der Waals surface area contributed by atoms with E-state index >= 15 is 0 Å². The first-order chi connectivity index (χ1) is 52.9. The lowest BCUT2D eigenvalue weighted by atomic mass is 10.0. The maximum Gasteiger partial charge on any atom is 0.132 e. The van der Waals surface area contributed by atoms with E-state index in [4.69, 9.17) is 4.74 Å². The predicted octanol–water partition coefficient (Wildman–Crippen LogP) is 31.2. The highest BCUT2D eigenvalue weighted by Crippen LogP contribution is 2.21. The van der Waals surface area contributed by atoms with Crippen molar-refractivity contribution in [3.8, 4) is 0 Å². The highest BCUT2D eigenvalue weighted by Gasteiger charge is 2.21. The molecule has 0 spiro atoms. The van der Waals surface area contributed by atoms with E-state index in [-0.39, 0.29) is 12.1 Å². The first-order valence-electron chi connectivity index (χ1n) is 49.2. The predicted molar refractivity (Wildman–Crippen MR) is 476 cm³/mol. The van der Waals surface area contributed by atoms with Gasteiger partial charge in [-0.3, -0.25) is 4.79 Å². The van der Waals surface area contributed by atoms with Crippen LogP contribution in [0.25, 0.3) is 0 Å². The summed E-state index contributed by atoms with van der Waals surface area (Å²) < 4.78 is 6.25. The molecule has 0 aliphatic carbocycles. The Morgan fingerprint density at radius 2 is 0.486 bits per heavy atom. The second kappa shape index (κ2) is 91.4. The van der Waals surface area contributed by atoms with Crippen molar-refractivity contribution in [1.82, 2.24) is 20.0 Å². The Hall–Kier alpha value is -1.75. The van der Waals surface area contributed by atoms with Crippen molar-refractivity contribution < 1.29 is 9.53 Å². The standard InChI is InChI=1S/C97H194N6O4/c1-7-12-17-22-27-32-37-42-44-45-46-48-53-58-63-68-73-85-103(88-78-79-94(6)107-89-76-69-64-59-54-49-39-34-29-24-19-14-9-3)93-96(100-106)92-102(84-72-67-62-57-52-41-36-31-26-21-16-11-5)87-75-74-86-101(83-71-66-61-56-51-40-35-30-25-20-15-10-4)91-95(99-105)90-98-82-77-81-97(104)80-70-65-60-55-50-47-43-38-33-28-23-18-13-8-2/h95-96,98H,6-93H2,1-5H3. The Morgan fingerprint density at radius 1 is 0.271 bits per heavy atom. The van der Waals surface area contributed by atoms with Gasteiger partial charge in [-0.25, -0.2) is 0 Å². The summed E-state index contributed by atoms with van der Waals surface area (Å²) in [4.78, 5) is 46.3. The van der Waals surface area contributed by atoms with Gasteiger partial charge in [-0.15, -0.1) is 0 Å². The van der Waals surface area contributed by atoms with Gasteiger partial charge in [0.25, 0.3) is 0 Å². The number of nitrogens with one attached hydrogen (secondary N) is 1. The van der Waals surface area contributed by atoms with Crippen molar-refractivity contribution in [2.24, 2.45) is 10.4 Å². The molecule has 0 rings (SSSR count). The number of nitrogens with zero attached hydrogens (tertiary/aromatic N) is 5. The molecule has 2 unspecified atom stereocenters. The van der Waals surface area contributed by atoms with Gasteiger partial charge in [0.15, 0.2) is 0 Å². The van der Waals surface area contributed by atoms with Crippen LogP contribution in [0.15, 0.2) is 22.7 Å². The molecule has 0 amide bonds. The van der Waals surface area contributed by atoms with E-state index in [1.807, 2.05) is 0 Å². The number of ketones is 1. The largest absolute Gasteiger partial charge is 0.499 e. The van der Waals surface area contributed by atoms with Crippen molar-refractivity contribution in [1.29, 1.82) is 0 Å². The van der Waals surface area contributed by atoms with Gasteiger partial charge in [0.2, 0.25) is 0 Å². The Bertz CT molecular complexity index is 1740. The molecule has 0 aliphatic heterocycles. The molecule has 0 bridgehead atoms. The molecule has 0 fully saturated rings. The van der Waals surface area contributed by atoms with Crippen LogP contribution in [-0.2, 0) is 9.53 Å². The summed E-state index contributed by atoms with van der Waals surface area (Å²) >= 11 is 0. The number of rotatable bonds is 97. The summed E-state index contributed by atoms with van der Waals surface area (Å²) in [5, 5.41) is 11.2. The fourth-order valence-corrected chi connectivity index (χ4v) is 16.4. The minimum absolute atomic E-state index is 0.269. The Balaban J connectivity index is 5.82. The van der Waals surface area contributed by atoms with E-state index in [2.05, 4.69) is 71.6 Å². The van der Waals surface area contributed by atoms with Crippen LogP contribution in [0.2, 0.25) is 0 Å². The fraction of sp³-hybridized carbons (Fsp3) is 0.969. The topological polar surface area (TPSA) is 107 Å². The molecule has 10 nitrogen and oxygen atoms in total. The van der Waals surface area contributed by atoms with Crippen LogP contribution in [-0.4, -0.2) is 111 Å². The second-order valence-corrected chi connectivity index (χ2v) is 34.5. The molecule has 0 aromatic heterocycles. The average Bonchev–Trinajstić information content (AvgIpc) is 0.935. The van der Waals surface area contributed by atoms with Crippen LogP contribution >= 0.6 is 0 Å². The monoisotopic (exact) mass is 1510 g/mol. The normalized spacial score (nSPS) is 12.4. The summed E-state index contributed by atoms with van der Waals surface area (Å²) in [5.41, 5.74) is 0. The molecular weight excluding hydrogens is 1310 g/mol. The number of Topliss-reactive ketones (excluding diaryl/α,β-unsaturated/α-hetero) is 1. The van der Waals surface area contributed by atoms with Crippen molar-refractivity contribution >= 4 is 5.78 Å². The minimum Gasteiger partial charge on any atom is -0.499 e. The molecule has 0 saturated carbocycles. The smallest absolute Gasteiger partial charge is 0.132 e. The zero-order valence-corrected chi connectivity index (χ0v) is 73.7. The number of allylic oxidation sites excluding steroid dienone is 1. The number of ether oxygens (including phenoxy) is 1. The molecule has 2 atom stereocenters. The molecule has 636 valence electrons. The molecule has 0 aromatic carbocycles. The highest BCUT2D eigenvalue weighted by molar-refractivity contribution is 5.78. The molecule has 0 heterocycles. The first-order valence-corrected chi connectivity index (χ1v) is 49.2. The first kappa shape index (κ1) is 105. The maximum absolute atomic E-state index is 13.2. The van der Waals surface area contributed by atoms with Gasteiger partial charge < -0.3 is 24.8 Å². The van der Waals surface area contributed by atoms with Crippen molar-refractivity contribution in [3.63, 3.8) is 0 Å². The van der Waals surface area contributed by atoms with Crippen LogP contribution in [0, 0.1) is 9.81 Å². The molecule has 10 heteroatoms. The van der Waals surface area contributed by atoms with E-state index in [0.717, 1.165) is 123 Å². The van der Waals surface area contributed by atoms with Gasteiger partial charge >= 0.3 is 0 Å². The zero-order valence-electron chi connectivity index (χ0n) is 73.7. The van der Waals surface area contributed by atoms with E-state index in [1.54, 1.807) is 0 Å². The number of nitroso groups, excluding NO2 is 2. The SMILES string of the molecule is C=C(CCCN(CCCCCCCCCCCCCCCCCCC)CC(CN(CCCCCCCCCCCCCC)CCCCN(CCCCCCCCCCCCCC)CC(CNCCCC(=O)CCCCCCCCCCCCCCCC)N=O)N=O)OCCCCCCCCCCCCCCC. The lowest BCUT2D eigenvalue weighted by molar-refractivity contribution is -0.119. The van der Waals surface area contributed by atoms with E-state index in [9.17, 15) is 14.6 Å². The number of carbonyl (C=O) groups excluding carboxylic acids is 1. The molecule has 1 N–H and O–H groups in total. The van der Waals surface area contributed by atoms with E-state index in [0.29, 0.717) is 31.7 Å². The third kappa shape index (κ3) is 83.5. The highest BCUT2D eigenvalue weighted by atomic mass is 16.5. The van der Waals surface area contributed by atoms with Crippen LogP contribution in [0.4, 0.5) is 0 Å². The van der Waals surface area contributed by atoms with Crippen molar-refractivity contribution in [2.75, 3.05) is 78.6 Å². The Morgan fingerprint density at radius 3 is 0.757 bits per heavy atom. The number of carbonyl (C=O) groups is 1. The van der Waals surface area contributed by atoms with Crippen LogP contribution in [0.5, 0.6) is 0 Å². The molecule has 0 radical (unpaired) electrons. The lowest BCUT2D eigenvalue weighted by Gasteiger charge is -2.29. The summed E-state index contributed by atoms with van der Waals surface area (Å²) in [5.74, 6) is 1.31. The van der Waals surface area contributed by atoms with Crippen LogP contribution in [0.1, 0.15) is 516 Å². The van der Waals surface area contributed by atoms with Crippen molar-refractivity contribution in [3.05, 3.63) is 22.2 Å². The summed E-state index contributed by atoms with van der Waals surface area (Å²) in [7, 11) is 0. The third-order valence-electron chi connectivity index (χ3n) is 23.6. The van der Waals surface area contributed by atoms with Gasteiger partial charge in [0, 0.05) is 45.4 Å². The van der Waals surface area contributed by atoms with Crippen LogP contribution in [0.3, 0.4) is 0 Å². The van der Waals surface area contributed by atoms with Gasteiger partial charge in [-0.2, -0.15) is 9.81 Å². The van der Waals surface area contributed by atoms with Gasteiger partial charge in [0.1, 0.15) is 17.9 Å². The number of unbranched alkanes of at least 4 members (excludes halogenated alkanes) is 64. The van der Waals surface area contributed by atoms with Crippen LogP contribution < -0.4 is 5.32 Å². The molecule has 0 aliphatic rings.